The van der Waals surface area contributed by atoms with Crippen molar-refractivity contribution in [2.45, 2.75) is 12.8 Å². The van der Waals surface area contributed by atoms with Gasteiger partial charge in [0.2, 0.25) is 0 Å². The van der Waals surface area contributed by atoms with Gasteiger partial charge in [-0.25, -0.2) is 0 Å². The van der Waals surface area contributed by atoms with Crippen molar-refractivity contribution in [3.63, 3.8) is 0 Å². The van der Waals surface area contributed by atoms with Gasteiger partial charge in [-0.15, -0.1) is 0 Å². The van der Waals surface area contributed by atoms with Crippen molar-refractivity contribution in [3.8, 4) is 11.5 Å². The number of ether oxygens (including phenoxy) is 1. The summed E-state index contributed by atoms with van der Waals surface area (Å²) in [4.78, 5) is 0. The molecule has 0 fully saturated rings. The molecular formula is C18H20O3. The van der Waals surface area contributed by atoms with Gasteiger partial charge in [0.15, 0.2) is 11.5 Å². The largest absolute Gasteiger partial charge is 0.504 e. The van der Waals surface area contributed by atoms with Crippen molar-refractivity contribution in [2.75, 3.05) is 13.2 Å². The first-order valence-electron chi connectivity index (χ1n) is 7.06. The minimum atomic E-state index is -0.110. The van der Waals surface area contributed by atoms with E-state index >= 15 is 0 Å². The maximum absolute atomic E-state index is 9.37. The summed E-state index contributed by atoms with van der Waals surface area (Å²) >= 11 is 0. The highest BCUT2D eigenvalue weighted by molar-refractivity contribution is 5.55. The zero-order valence-electron chi connectivity index (χ0n) is 11.9. The highest BCUT2D eigenvalue weighted by Gasteiger charge is 1.97. The number of hydrogen-bond acceptors (Lipinski definition) is 3. The number of hydrogen-bond donors (Lipinski definition) is 2. The van der Waals surface area contributed by atoms with E-state index in [9.17, 15) is 10.2 Å². The molecule has 0 bridgehead atoms. The maximum atomic E-state index is 9.37. The van der Waals surface area contributed by atoms with E-state index in [1.54, 1.807) is 6.07 Å². The van der Waals surface area contributed by atoms with Gasteiger partial charge in [0.1, 0.15) is 0 Å². The molecule has 3 heteroatoms. The van der Waals surface area contributed by atoms with Crippen molar-refractivity contribution < 1.29 is 14.9 Å². The summed E-state index contributed by atoms with van der Waals surface area (Å²) in [5.41, 5.74) is 2.16. The summed E-state index contributed by atoms with van der Waals surface area (Å²) in [6.45, 7) is 1.26. The summed E-state index contributed by atoms with van der Waals surface area (Å²) < 4.78 is 5.53. The summed E-state index contributed by atoms with van der Waals surface area (Å²) in [6, 6.07) is 15.1. The topological polar surface area (TPSA) is 49.7 Å². The molecule has 110 valence electrons. The Labute approximate surface area is 125 Å². The quantitative estimate of drug-likeness (QED) is 0.601. The van der Waals surface area contributed by atoms with Gasteiger partial charge in [0, 0.05) is 6.61 Å². The van der Waals surface area contributed by atoms with E-state index in [1.807, 2.05) is 30.4 Å². The van der Waals surface area contributed by atoms with Crippen molar-refractivity contribution >= 4 is 6.08 Å². The maximum Gasteiger partial charge on any atom is 0.157 e. The molecule has 0 aliphatic carbocycles. The standard InChI is InChI=1S/C18H20O3/c19-17-11-10-16(14-18(17)20)9-5-13-21-12-4-8-15-6-2-1-3-7-15/h1-3,5-7,9-11,14,19-20H,4,8,12-13H2/b9-5+. The number of phenolic OH excluding ortho intramolecular Hbond substituents is 2. The van der Waals surface area contributed by atoms with Gasteiger partial charge in [0.25, 0.3) is 0 Å². The first-order valence-corrected chi connectivity index (χ1v) is 7.06. The summed E-state index contributed by atoms with van der Waals surface area (Å²) in [6.07, 6.45) is 5.78. The third-order valence-corrected chi connectivity index (χ3v) is 3.12. The van der Waals surface area contributed by atoms with E-state index in [-0.39, 0.29) is 11.5 Å². The van der Waals surface area contributed by atoms with E-state index in [4.69, 9.17) is 4.74 Å². The highest BCUT2D eigenvalue weighted by atomic mass is 16.5. The molecule has 0 aliphatic heterocycles. The Morgan fingerprint density at radius 3 is 2.52 bits per heavy atom. The monoisotopic (exact) mass is 284 g/mol. The van der Waals surface area contributed by atoms with E-state index in [0.29, 0.717) is 6.61 Å². The molecular weight excluding hydrogens is 264 g/mol. The van der Waals surface area contributed by atoms with Crippen LogP contribution in [-0.2, 0) is 11.2 Å². The van der Waals surface area contributed by atoms with Crippen LogP contribution in [0.1, 0.15) is 17.5 Å². The van der Waals surface area contributed by atoms with Crippen LogP contribution in [0.2, 0.25) is 0 Å². The second-order valence-electron chi connectivity index (χ2n) is 4.81. The fourth-order valence-corrected chi connectivity index (χ4v) is 2.00. The number of benzene rings is 2. The first kappa shape index (κ1) is 15.1. The fourth-order valence-electron chi connectivity index (χ4n) is 2.00. The van der Waals surface area contributed by atoms with Crippen LogP contribution >= 0.6 is 0 Å². The molecule has 0 aromatic heterocycles. The van der Waals surface area contributed by atoms with Crippen LogP contribution in [-0.4, -0.2) is 23.4 Å². The van der Waals surface area contributed by atoms with E-state index in [0.717, 1.165) is 25.0 Å². The SMILES string of the molecule is Oc1ccc(/C=C/COCCCc2ccccc2)cc1O. The molecule has 0 atom stereocenters. The van der Waals surface area contributed by atoms with Crippen LogP contribution in [0.25, 0.3) is 6.08 Å². The average Bonchev–Trinajstić information content (AvgIpc) is 2.51. The Balaban J connectivity index is 1.63. The molecule has 0 spiro atoms. The number of aryl methyl sites for hydroxylation is 1. The van der Waals surface area contributed by atoms with Gasteiger partial charge in [-0.1, -0.05) is 48.6 Å². The lowest BCUT2D eigenvalue weighted by Gasteiger charge is -2.02. The van der Waals surface area contributed by atoms with Crippen LogP contribution < -0.4 is 0 Å². The molecule has 2 rings (SSSR count). The Morgan fingerprint density at radius 1 is 0.952 bits per heavy atom. The zero-order valence-corrected chi connectivity index (χ0v) is 11.9. The molecule has 0 aliphatic rings. The fraction of sp³-hybridized carbons (Fsp3) is 0.222. The Morgan fingerprint density at radius 2 is 1.76 bits per heavy atom. The van der Waals surface area contributed by atoms with Gasteiger partial charge in [0.05, 0.1) is 6.61 Å². The first-order chi connectivity index (χ1) is 10.3. The molecule has 0 amide bonds. The number of phenols is 2. The molecule has 3 nitrogen and oxygen atoms in total. The predicted octanol–water partition coefficient (Wildman–Crippen LogP) is 3.76. The van der Waals surface area contributed by atoms with Gasteiger partial charge in [-0.05, 0) is 36.1 Å². The molecule has 2 aromatic carbocycles. The van der Waals surface area contributed by atoms with Crippen molar-refractivity contribution in [2.24, 2.45) is 0 Å². The van der Waals surface area contributed by atoms with Crippen LogP contribution in [0.4, 0.5) is 0 Å². The molecule has 2 aromatic rings. The Bertz CT molecular complexity index is 576. The third-order valence-electron chi connectivity index (χ3n) is 3.12. The molecule has 0 saturated carbocycles. The van der Waals surface area contributed by atoms with Crippen molar-refractivity contribution in [3.05, 3.63) is 65.7 Å². The Kier molecular flexibility index (Phi) is 5.85. The lowest BCUT2D eigenvalue weighted by atomic mass is 10.1. The molecule has 0 unspecified atom stereocenters. The molecule has 21 heavy (non-hydrogen) atoms. The summed E-state index contributed by atoms with van der Waals surface area (Å²) in [7, 11) is 0. The third kappa shape index (κ3) is 5.32. The van der Waals surface area contributed by atoms with Crippen molar-refractivity contribution in [1.82, 2.24) is 0 Å². The predicted molar refractivity (Wildman–Crippen MR) is 84.4 cm³/mol. The molecule has 0 saturated heterocycles. The van der Waals surface area contributed by atoms with Crippen LogP contribution in [0, 0.1) is 0 Å². The lowest BCUT2D eigenvalue weighted by molar-refractivity contribution is 0.160. The van der Waals surface area contributed by atoms with Gasteiger partial charge < -0.3 is 14.9 Å². The second-order valence-corrected chi connectivity index (χ2v) is 4.81. The van der Waals surface area contributed by atoms with Crippen LogP contribution in [0.15, 0.2) is 54.6 Å². The number of aromatic hydroxyl groups is 2. The van der Waals surface area contributed by atoms with Gasteiger partial charge in [-0.3, -0.25) is 0 Å². The van der Waals surface area contributed by atoms with Crippen LogP contribution in [0.5, 0.6) is 11.5 Å². The number of rotatable bonds is 7. The normalized spacial score (nSPS) is 11.0. The molecule has 0 radical (unpaired) electrons. The molecule has 2 N–H and O–H groups in total. The van der Waals surface area contributed by atoms with Gasteiger partial charge in [-0.2, -0.15) is 0 Å². The minimum Gasteiger partial charge on any atom is -0.504 e. The average molecular weight is 284 g/mol. The molecule has 0 heterocycles. The van der Waals surface area contributed by atoms with Crippen LogP contribution in [0.3, 0.4) is 0 Å². The van der Waals surface area contributed by atoms with E-state index < -0.39 is 0 Å². The Hall–Kier alpha value is -2.26. The smallest absolute Gasteiger partial charge is 0.157 e. The minimum absolute atomic E-state index is 0.107. The summed E-state index contributed by atoms with van der Waals surface area (Å²) in [5, 5.41) is 18.6. The van der Waals surface area contributed by atoms with E-state index in [2.05, 4.69) is 12.1 Å². The second kappa shape index (κ2) is 8.12. The lowest BCUT2D eigenvalue weighted by Crippen LogP contribution is -1.96. The van der Waals surface area contributed by atoms with Gasteiger partial charge >= 0.3 is 0 Å². The highest BCUT2D eigenvalue weighted by Crippen LogP contribution is 2.25. The zero-order chi connectivity index (χ0) is 14.9. The van der Waals surface area contributed by atoms with Crippen molar-refractivity contribution in [1.29, 1.82) is 0 Å². The summed E-state index contributed by atoms with van der Waals surface area (Å²) in [5.74, 6) is -0.217. The van der Waals surface area contributed by atoms with E-state index in [1.165, 1.54) is 17.7 Å².